The van der Waals surface area contributed by atoms with Gasteiger partial charge in [0.15, 0.2) is 15.0 Å². The molecule has 2 aliphatic rings. The zero-order valence-electron chi connectivity index (χ0n) is 10.0. The highest BCUT2D eigenvalue weighted by Gasteiger charge is 2.48. The molecule has 2 atom stereocenters. The van der Waals surface area contributed by atoms with Crippen molar-refractivity contribution in [1.29, 1.82) is 5.41 Å². The number of fused-ring (bicyclic) bond motifs is 1. The molecule has 102 valence electrons. The molecule has 1 N–H and O–H groups in total. The van der Waals surface area contributed by atoms with Gasteiger partial charge in [0.25, 0.3) is 0 Å². The fraction of sp³-hybridized carbons (Fsp3) is 0.417. The Morgan fingerprint density at radius 2 is 2.11 bits per heavy atom. The summed E-state index contributed by atoms with van der Waals surface area (Å²) in [6.07, 6.45) is 0. The molecule has 7 heteroatoms. The second-order valence-electron chi connectivity index (χ2n) is 4.83. The molecule has 4 nitrogen and oxygen atoms in total. The molecule has 2 aliphatic heterocycles. The van der Waals surface area contributed by atoms with E-state index in [1.807, 2.05) is 29.2 Å². The van der Waals surface area contributed by atoms with Crippen LogP contribution in [-0.4, -0.2) is 41.3 Å². The van der Waals surface area contributed by atoms with Gasteiger partial charge >= 0.3 is 0 Å². The van der Waals surface area contributed by atoms with Gasteiger partial charge in [0.1, 0.15) is 0 Å². The van der Waals surface area contributed by atoms with Crippen LogP contribution < -0.4 is 0 Å². The van der Waals surface area contributed by atoms with Crippen molar-refractivity contribution < 1.29 is 8.42 Å². The van der Waals surface area contributed by atoms with Crippen molar-refractivity contribution in [3.05, 3.63) is 34.9 Å². The van der Waals surface area contributed by atoms with Crippen LogP contribution >= 0.6 is 23.4 Å². The number of hydrogen-bond donors (Lipinski definition) is 1. The van der Waals surface area contributed by atoms with E-state index >= 15 is 0 Å². The van der Waals surface area contributed by atoms with Gasteiger partial charge in [-0.05, 0) is 11.6 Å². The van der Waals surface area contributed by atoms with E-state index in [0.29, 0.717) is 16.7 Å². The van der Waals surface area contributed by atoms with Crippen molar-refractivity contribution in [2.24, 2.45) is 0 Å². The Hall–Kier alpha value is -0.720. The quantitative estimate of drug-likeness (QED) is 0.906. The van der Waals surface area contributed by atoms with Crippen molar-refractivity contribution in [2.45, 2.75) is 17.8 Å². The third kappa shape index (κ3) is 2.49. The van der Waals surface area contributed by atoms with Gasteiger partial charge in [-0.25, -0.2) is 8.42 Å². The zero-order valence-corrected chi connectivity index (χ0v) is 12.4. The summed E-state index contributed by atoms with van der Waals surface area (Å²) in [5.74, 6) is 0.335. The van der Waals surface area contributed by atoms with Gasteiger partial charge in [0.05, 0.1) is 17.5 Å². The Kier molecular flexibility index (Phi) is 3.27. The van der Waals surface area contributed by atoms with Crippen LogP contribution in [0.5, 0.6) is 0 Å². The molecule has 0 radical (unpaired) electrons. The lowest BCUT2D eigenvalue weighted by molar-refractivity contribution is 0.349. The van der Waals surface area contributed by atoms with Crippen LogP contribution in [0.1, 0.15) is 5.56 Å². The minimum Gasteiger partial charge on any atom is -0.342 e. The predicted molar refractivity (Wildman–Crippen MR) is 78.5 cm³/mol. The van der Waals surface area contributed by atoms with Gasteiger partial charge < -0.3 is 4.90 Å². The van der Waals surface area contributed by atoms with Gasteiger partial charge in [-0.2, -0.15) is 0 Å². The van der Waals surface area contributed by atoms with Crippen molar-refractivity contribution in [2.75, 3.05) is 11.5 Å². The average Bonchev–Trinajstić information content (AvgIpc) is 2.75. The van der Waals surface area contributed by atoms with E-state index in [1.54, 1.807) is 0 Å². The summed E-state index contributed by atoms with van der Waals surface area (Å²) >= 11 is 7.49. The second kappa shape index (κ2) is 4.68. The number of nitrogens with one attached hydrogen (secondary N) is 1. The Morgan fingerprint density at radius 3 is 2.84 bits per heavy atom. The molecule has 1 aromatic carbocycles. The number of hydrogen-bond acceptors (Lipinski definition) is 4. The third-order valence-corrected chi connectivity index (χ3v) is 7.03. The van der Waals surface area contributed by atoms with Crippen LogP contribution in [0.3, 0.4) is 0 Å². The molecular formula is C12H13ClN2O2S2. The van der Waals surface area contributed by atoms with E-state index in [4.69, 9.17) is 17.0 Å². The lowest BCUT2D eigenvalue weighted by Crippen LogP contribution is -2.36. The zero-order chi connectivity index (χ0) is 13.6. The van der Waals surface area contributed by atoms with Crippen LogP contribution in [0.25, 0.3) is 0 Å². The number of halogens is 1. The molecule has 0 amide bonds. The SMILES string of the molecule is N=C1S[C@@H]2CS(=O)(=O)C[C@@H]2N1Cc1ccccc1Cl. The van der Waals surface area contributed by atoms with Gasteiger partial charge in [-0.1, -0.05) is 41.6 Å². The topological polar surface area (TPSA) is 61.2 Å². The normalized spacial score (nSPS) is 28.7. The molecule has 2 saturated heterocycles. The number of nitrogens with zero attached hydrogens (tertiary/aromatic N) is 1. The molecule has 1 aromatic rings. The first kappa shape index (κ1) is 13.3. The standard InChI is InChI=1S/C12H13ClN2O2S2/c13-9-4-2-1-3-8(9)5-15-10-6-19(16,17)7-11(10)18-12(15)14/h1-4,10-11,14H,5-7H2/t10-,11+/m0/s1. The Morgan fingerprint density at radius 1 is 1.37 bits per heavy atom. The Bertz CT molecular complexity index is 632. The minimum absolute atomic E-state index is 0.0000113. The fourth-order valence-corrected chi connectivity index (χ4v) is 6.59. The highest BCUT2D eigenvalue weighted by Crippen LogP contribution is 2.38. The van der Waals surface area contributed by atoms with E-state index in [1.165, 1.54) is 11.8 Å². The number of amidine groups is 1. The first-order chi connectivity index (χ1) is 8.96. The first-order valence-corrected chi connectivity index (χ1v) is 9.00. The summed E-state index contributed by atoms with van der Waals surface area (Å²) in [6.45, 7) is 0.502. The van der Waals surface area contributed by atoms with Gasteiger partial charge in [0.2, 0.25) is 0 Å². The molecule has 2 fully saturated rings. The second-order valence-corrected chi connectivity index (χ2v) is 8.61. The molecule has 3 rings (SSSR count). The Balaban J connectivity index is 1.85. The van der Waals surface area contributed by atoms with Crippen LogP contribution in [0, 0.1) is 5.41 Å². The largest absolute Gasteiger partial charge is 0.342 e. The van der Waals surface area contributed by atoms with Gasteiger partial charge in [-0.15, -0.1) is 0 Å². The number of benzene rings is 1. The summed E-state index contributed by atoms with van der Waals surface area (Å²) in [4.78, 5) is 1.86. The van der Waals surface area contributed by atoms with Crippen LogP contribution in [0.2, 0.25) is 5.02 Å². The summed E-state index contributed by atoms with van der Waals surface area (Å²) in [6, 6.07) is 7.40. The highest BCUT2D eigenvalue weighted by molar-refractivity contribution is 8.15. The number of rotatable bonds is 2. The van der Waals surface area contributed by atoms with E-state index < -0.39 is 9.84 Å². The summed E-state index contributed by atoms with van der Waals surface area (Å²) in [5, 5.41) is 9.11. The van der Waals surface area contributed by atoms with E-state index in [9.17, 15) is 8.42 Å². The first-order valence-electron chi connectivity index (χ1n) is 5.92. The van der Waals surface area contributed by atoms with E-state index in [0.717, 1.165) is 5.56 Å². The van der Waals surface area contributed by atoms with E-state index in [-0.39, 0.29) is 22.8 Å². The molecule has 0 bridgehead atoms. The highest BCUT2D eigenvalue weighted by atomic mass is 35.5. The minimum atomic E-state index is -2.96. The van der Waals surface area contributed by atoms with Crippen LogP contribution in [0.15, 0.2) is 24.3 Å². The van der Waals surface area contributed by atoms with Crippen LogP contribution in [0.4, 0.5) is 0 Å². The van der Waals surface area contributed by atoms with Crippen molar-refractivity contribution in [3.63, 3.8) is 0 Å². The smallest absolute Gasteiger partial charge is 0.157 e. The summed E-state index contributed by atoms with van der Waals surface area (Å²) in [7, 11) is -2.96. The molecule has 0 aromatic heterocycles. The number of thioether (sulfide) groups is 1. The van der Waals surface area contributed by atoms with Gasteiger partial charge in [-0.3, -0.25) is 5.41 Å². The van der Waals surface area contributed by atoms with Crippen molar-refractivity contribution >= 4 is 38.4 Å². The molecule has 0 unspecified atom stereocenters. The lowest BCUT2D eigenvalue weighted by Gasteiger charge is -2.24. The number of sulfone groups is 1. The van der Waals surface area contributed by atoms with Crippen LogP contribution in [-0.2, 0) is 16.4 Å². The molecule has 19 heavy (non-hydrogen) atoms. The predicted octanol–water partition coefficient (Wildman–Crippen LogP) is 1.99. The maximum atomic E-state index is 11.7. The van der Waals surface area contributed by atoms with E-state index in [2.05, 4.69) is 0 Å². The molecule has 0 saturated carbocycles. The third-order valence-electron chi connectivity index (χ3n) is 3.49. The average molecular weight is 317 g/mol. The molecule has 0 spiro atoms. The van der Waals surface area contributed by atoms with Gasteiger partial charge in [0, 0.05) is 16.8 Å². The maximum absolute atomic E-state index is 11.7. The van der Waals surface area contributed by atoms with Crippen molar-refractivity contribution in [3.8, 4) is 0 Å². The lowest BCUT2D eigenvalue weighted by atomic mass is 10.1. The molecular weight excluding hydrogens is 304 g/mol. The fourth-order valence-electron chi connectivity index (χ4n) is 2.56. The molecule has 0 aliphatic carbocycles. The summed E-state index contributed by atoms with van der Waals surface area (Å²) in [5.41, 5.74) is 0.930. The summed E-state index contributed by atoms with van der Waals surface area (Å²) < 4.78 is 23.4. The maximum Gasteiger partial charge on any atom is 0.157 e. The monoisotopic (exact) mass is 316 g/mol. The Labute approximate surface area is 121 Å². The molecule has 2 heterocycles. The van der Waals surface area contributed by atoms with Crippen molar-refractivity contribution in [1.82, 2.24) is 4.90 Å².